The molecule has 0 aliphatic rings. The van der Waals surface area contributed by atoms with Crippen molar-refractivity contribution in [2.45, 2.75) is 79.0 Å². The molecule has 0 amide bonds. The van der Waals surface area contributed by atoms with Gasteiger partial charge in [0, 0.05) is 0 Å². The molecule has 1 heterocycles. The number of aromatic nitrogens is 1. The second-order valence-electron chi connectivity index (χ2n) is 8.36. The van der Waals surface area contributed by atoms with Gasteiger partial charge in [0.1, 0.15) is 0 Å². The number of benzene rings is 1. The van der Waals surface area contributed by atoms with Gasteiger partial charge in [0.2, 0.25) is 0 Å². The van der Waals surface area contributed by atoms with Crippen LogP contribution in [0.1, 0.15) is 70.4 Å². The predicted octanol–water partition coefficient (Wildman–Crippen LogP) is 6.32. The maximum absolute atomic E-state index is 6.51. The van der Waals surface area contributed by atoms with Gasteiger partial charge in [0.25, 0.3) is 0 Å². The van der Waals surface area contributed by atoms with E-state index in [2.05, 4.69) is 45.0 Å². The molecule has 0 aliphatic carbocycles. The second kappa shape index (κ2) is 12.5. The number of hydrogen-bond donors (Lipinski definition) is 1. The Bertz CT molecular complexity index is 708. The zero-order valence-electron chi connectivity index (χ0n) is 19.0. The Morgan fingerprint density at radius 1 is 0.828 bits per heavy atom. The van der Waals surface area contributed by atoms with Crippen molar-refractivity contribution in [1.29, 1.82) is 0 Å². The van der Waals surface area contributed by atoms with Gasteiger partial charge >= 0.3 is 183 Å². The van der Waals surface area contributed by atoms with E-state index in [0.29, 0.717) is 0 Å². The quantitative estimate of drug-likeness (QED) is 0.326. The van der Waals surface area contributed by atoms with Crippen LogP contribution < -0.4 is 14.2 Å². The van der Waals surface area contributed by atoms with Crippen molar-refractivity contribution in [2.24, 2.45) is 0 Å². The summed E-state index contributed by atoms with van der Waals surface area (Å²) in [6.07, 6.45) is 8.70. The average Bonchev–Trinajstić information content (AvgIpc) is 2.75. The van der Waals surface area contributed by atoms with Crippen LogP contribution in [0.4, 0.5) is 5.82 Å². The number of methoxy groups -OCH3 is 1. The van der Waals surface area contributed by atoms with E-state index in [9.17, 15) is 0 Å². The van der Waals surface area contributed by atoms with Gasteiger partial charge in [0.15, 0.2) is 0 Å². The number of ether oxygens (including phenoxy) is 1. The summed E-state index contributed by atoms with van der Waals surface area (Å²) in [6.45, 7) is 6.95. The zero-order chi connectivity index (χ0) is 21.1. The Labute approximate surface area is 182 Å². The zero-order valence-corrected chi connectivity index (χ0v) is 21.8. The van der Waals surface area contributed by atoms with Crippen molar-refractivity contribution in [2.75, 3.05) is 12.8 Å². The van der Waals surface area contributed by atoms with Crippen LogP contribution >= 0.6 is 0 Å². The molecule has 0 saturated carbocycles. The molecule has 160 valence electrons. The summed E-state index contributed by atoms with van der Waals surface area (Å²) >= 11 is -2.51. The Morgan fingerprint density at radius 2 is 1.38 bits per heavy atom. The molecule has 2 rings (SSSR count). The maximum atomic E-state index is 6.51. The first-order chi connectivity index (χ1) is 14.1. The average molecular weight is 503 g/mol. The van der Waals surface area contributed by atoms with Crippen LogP contribution in [0.5, 0.6) is 5.75 Å². The van der Waals surface area contributed by atoms with Crippen molar-refractivity contribution in [3.8, 4) is 5.75 Å². The molecule has 0 bridgehead atoms. The van der Waals surface area contributed by atoms with E-state index in [0.717, 1.165) is 23.6 Å². The normalized spacial score (nSPS) is 11.6. The van der Waals surface area contributed by atoms with E-state index in [1.54, 1.807) is 7.11 Å². The van der Waals surface area contributed by atoms with Gasteiger partial charge in [-0.2, -0.15) is 0 Å². The van der Waals surface area contributed by atoms with E-state index in [-0.39, 0.29) is 0 Å². The molecule has 2 N–H and O–H groups in total. The fraction of sp³-hybridized carbons (Fsp3) is 0.560. The Kier molecular flexibility index (Phi) is 10.3. The van der Waals surface area contributed by atoms with Gasteiger partial charge < -0.3 is 0 Å². The molecule has 1 aromatic carbocycles. The summed E-state index contributed by atoms with van der Waals surface area (Å²) in [5.41, 5.74) is 8.89. The minimum absolute atomic E-state index is 0.740. The number of anilines is 1. The minimum atomic E-state index is -2.51. The van der Waals surface area contributed by atoms with Crippen LogP contribution in [-0.2, 0) is 6.42 Å². The number of nitrogens with two attached hydrogens (primary N) is 1. The molecule has 0 saturated heterocycles. The summed E-state index contributed by atoms with van der Waals surface area (Å²) < 4.78 is 11.0. The number of rotatable bonds is 13. The molecule has 0 unspecified atom stereocenters. The van der Waals surface area contributed by atoms with Crippen LogP contribution in [0.15, 0.2) is 36.4 Å². The number of hydrogen-bond acceptors (Lipinski definition) is 3. The molecule has 1 aromatic heterocycles. The molecule has 0 radical (unpaired) electrons. The van der Waals surface area contributed by atoms with Crippen LogP contribution in [0.25, 0.3) is 0 Å². The molecule has 3 nitrogen and oxygen atoms in total. The van der Waals surface area contributed by atoms with Crippen molar-refractivity contribution in [1.82, 2.24) is 4.98 Å². The van der Waals surface area contributed by atoms with Gasteiger partial charge in [-0.3, -0.25) is 0 Å². The van der Waals surface area contributed by atoms with Gasteiger partial charge in [0.05, 0.1) is 0 Å². The van der Waals surface area contributed by atoms with Crippen molar-refractivity contribution in [3.05, 3.63) is 47.5 Å². The number of nitrogen functional groups attached to an aromatic ring is 1. The van der Waals surface area contributed by atoms with E-state index >= 15 is 0 Å². The molecular weight excluding hydrogens is 463 g/mol. The van der Waals surface area contributed by atoms with Gasteiger partial charge in [-0.05, 0) is 0 Å². The summed E-state index contributed by atoms with van der Waals surface area (Å²) in [7, 11) is 1.70. The second-order valence-corrected chi connectivity index (χ2v) is 21.4. The molecule has 4 heteroatoms. The van der Waals surface area contributed by atoms with Crippen LogP contribution in [0.2, 0.25) is 13.3 Å². The molecule has 29 heavy (non-hydrogen) atoms. The molecule has 2 aromatic rings. The molecule has 0 aliphatic heterocycles. The third kappa shape index (κ3) is 6.90. The Balaban J connectivity index is 2.29. The summed E-state index contributed by atoms with van der Waals surface area (Å²) in [5.74, 6) is 1.63. The van der Waals surface area contributed by atoms with Crippen molar-refractivity contribution in [3.63, 3.8) is 0 Å². The SMILES string of the molecule is CCC[CH2][Sn]([CH2]CCC)([CH2]CCC)[c]1ccc(Cc2ccc(OC)cc2)c(N)n1. The first kappa shape index (κ1) is 24.0. The van der Waals surface area contributed by atoms with Crippen LogP contribution in [0.3, 0.4) is 0 Å². The monoisotopic (exact) mass is 504 g/mol. The molecular formula is C25H40N2OSn. The molecule has 0 atom stereocenters. The predicted molar refractivity (Wildman–Crippen MR) is 129 cm³/mol. The van der Waals surface area contributed by atoms with Gasteiger partial charge in [-0.1, -0.05) is 0 Å². The third-order valence-electron chi connectivity index (χ3n) is 6.14. The van der Waals surface area contributed by atoms with E-state index in [1.807, 2.05) is 12.1 Å². The first-order valence-corrected chi connectivity index (χ1v) is 19.0. The van der Waals surface area contributed by atoms with Crippen molar-refractivity contribution >= 4 is 27.9 Å². The molecule has 0 spiro atoms. The van der Waals surface area contributed by atoms with E-state index in [1.165, 1.54) is 61.1 Å². The number of pyridine rings is 1. The van der Waals surface area contributed by atoms with Gasteiger partial charge in [-0.25, -0.2) is 0 Å². The fourth-order valence-electron chi connectivity index (χ4n) is 4.22. The van der Waals surface area contributed by atoms with E-state index < -0.39 is 18.4 Å². The number of unbranched alkanes of at least 4 members (excludes halogenated alkanes) is 3. The third-order valence-corrected chi connectivity index (χ3v) is 21.3. The summed E-state index contributed by atoms with van der Waals surface area (Å²) in [5, 5.41) is 0. The topological polar surface area (TPSA) is 48.1 Å². The Morgan fingerprint density at radius 3 is 1.83 bits per heavy atom. The van der Waals surface area contributed by atoms with Crippen LogP contribution in [0, 0.1) is 0 Å². The standard InChI is InChI=1S/C13H13N2O.3C4H9.Sn/c1-16-12-6-4-10(5-7-12)9-11-3-2-8-15-13(11)14;3*1-3-4-2;/h2-7H,9H2,1H3,(H2,14,15);3*1,3-4H2,2H3;. The first-order valence-electron chi connectivity index (χ1n) is 11.5. The fourth-order valence-corrected chi connectivity index (χ4v) is 19.6. The van der Waals surface area contributed by atoms with Crippen LogP contribution in [-0.4, -0.2) is 30.5 Å². The summed E-state index contributed by atoms with van der Waals surface area (Å²) in [4.78, 5) is 5.08. The Hall–Kier alpha value is -1.23. The van der Waals surface area contributed by atoms with Crippen molar-refractivity contribution < 1.29 is 4.74 Å². The molecule has 0 fully saturated rings. The summed E-state index contributed by atoms with van der Waals surface area (Å²) in [6, 6.07) is 12.9. The number of nitrogens with zero attached hydrogens (tertiary/aromatic N) is 1. The van der Waals surface area contributed by atoms with Gasteiger partial charge in [-0.15, -0.1) is 0 Å². The van der Waals surface area contributed by atoms with E-state index in [4.69, 9.17) is 15.5 Å².